The van der Waals surface area contributed by atoms with Crippen LogP contribution in [0.15, 0.2) is 66.9 Å². The van der Waals surface area contributed by atoms with E-state index >= 15 is 0 Å². The molecule has 2 aromatic heterocycles. The molecule has 6 nitrogen and oxygen atoms in total. The first-order chi connectivity index (χ1) is 15.0. The number of nitrogens with zero attached hydrogens (tertiary/aromatic N) is 5. The van der Waals surface area contributed by atoms with Gasteiger partial charge < -0.3 is 5.73 Å². The summed E-state index contributed by atoms with van der Waals surface area (Å²) in [6.07, 6.45) is 1.74. The van der Waals surface area contributed by atoms with Crippen molar-refractivity contribution in [3.05, 3.63) is 87.5 Å². The fourth-order valence-electron chi connectivity index (χ4n) is 3.49. The third kappa shape index (κ3) is 3.74. The molecule has 0 unspecified atom stereocenters. The van der Waals surface area contributed by atoms with E-state index in [1.165, 1.54) is 0 Å². The van der Waals surface area contributed by atoms with Gasteiger partial charge in [-0.15, -0.1) is 5.10 Å². The van der Waals surface area contributed by atoms with Crippen LogP contribution in [0.4, 0.5) is 5.69 Å². The Labute approximate surface area is 192 Å². The largest absolute Gasteiger partial charge is 0.399 e. The molecule has 0 aliphatic rings. The Morgan fingerprint density at radius 2 is 1.77 bits per heavy atom. The summed E-state index contributed by atoms with van der Waals surface area (Å²) in [5.41, 5.74) is 11.4. The van der Waals surface area contributed by atoms with Crippen LogP contribution in [0, 0.1) is 0 Å². The normalized spacial score (nSPS) is 11.3. The monoisotopic (exact) mass is 468 g/mol. The second kappa shape index (κ2) is 7.89. The third-order valence-corrected chi connectivity index (χ3v) is 5.84. The van der Waals surface area contributed by atoms with E-state index in [2.05, 4.69) is 15.4 Å². The van der Waals surface area contributed by atoms with Crippen molar-refractivity contribution in [1.29, 1.82) is 0 Å². The summed E-state index contributed by atoms with van der Waals surface area (Å²) in [4.78, 5) is 0. The molecule has 0 spiro atoms. The van der Waals surface area contributed by atoms with Gasteiger partial charge in [-0.2, -0.15) is 5.10 Å². The second-order valence-corrected chi connectivity index (χ2v) is 8.28. The molecule has 0 fully saturated rings. The number of nitrogen functional groups attached to an aromatic ring is 1. The summed E-state index contributed by atoms with van der Waals surface area (Å²) < 4.78 is 3.58. The Bertz CT molecular complexity index is 1420. The second-order valence-electron chi connectivity index (χ2n) is 7.03. The molecule has 0 saturated heterocycles. The molecule has 9 heteroatoms. The number of hydrogen-bond acceptors (Lipinski definition) is 4. The molecule has 31 heavy (non-hydrogen) atoms. The van der Waals surface area contributed by atoms with Gasteiger partial charge in [-0.25, -0.2) is 4.68 Å². The van der Waals surface area contributed by atoms with Gasteiger partial charge in [0.1, 0.15) is 5.52 Å². The van der Waals surface area contributed by atoms with Crippen molar-refractivity contribution in [3.63, 3.8) is 0 Å². The zero-order valence-electron chi connectivity index (χ0n) is 16.0. The minimum absolute atomic E-state index is 0.487. The van der Waals surface area contributed by atoms with Gasteiger partial charge in [0.05, 0.1) is 28.5 Å². The fourth-order valence-corrected chi connectivity index (χ4v) is 4.21. The van der Waals surface area contributed by atoms with Crippen LogP contribution in [0.1, 0.15) is 5.56 Å². The summed E-state index contributed by atoms with van der Waals surface area (Å²) >= 11 is 18.9. The molecule has 0 bridgehead atoms. The lowest BCUT2D eigenvalue weighted by Gasteiger charge is -2.11. The van der Waals surface area contributed by atoms with Crippen molar-refractivity contribution in [2.45, 2.75) is 6.54 Å². The van der Waals surface area contributed by atoms with Crippen LogP contribution in [0.2, 0.25) is 15.1 Å². The molecule has 154 valence electrons. The molecule has 0 saturated carbocycles. The van der Waals surface area contributed by atoms with Crippen molar-refractivity contribution in [2.75, 3.05) is 5.73 Å². The fraction of sp³-hybridized carbons (Fsp3) is 0.0455. The molecule has 3 aromatic carbocycles. The Kier molecular flexibility index (Phi) is 5.06. The summed E-state index contributed by atoms with van der Waals surface area (Å²) in [5, 5.41) is 14.7. The molecule has 0 radical (unpaired) electrons. The number of benzene rings is 3. The van der Waals surface area contributed by atoms with Gasteiger partial charge in [0, 0.05) is 27.5 Å². The van der Waals surface area contributed by atoms with Crippen LogP contribution in [0.3, 0.4) is 0 Å². The third-order valence-electron chi connectivity index (χ3n) is 4.97. The first-order valence-electron chi connectivity index (χ1n) is 9.36. The van der Waals surface area contributed by atoms with Gasteiger partial charge in [0.2, 0.25) is 0 Å². The molecule has 0 amide bonds. The Morgan fingerprint density at radius 1 is 0.903 bits per heavy atom. The highest BCUT2D eigenvalue weighted by atomic mass is 35.5. The van der Waals surface area contributed by atoms with E-state index < -0.39 is 0 Å². The predicted octanol–water partition coefficient (Wildman–Crippen LogP) is 5.87. The van der Waals surface area contributed by atoms with Crippen molar-refractivity contribution in [2.24, 2.45) is 0 Å². The van der Waals surface area contributed by atoms with Crippen molar-refractivity contribution in [1.82, 2.24) is 24.8 Å². The Balaban J connectivity index is 1.60. The molecule has 0 aliphatic carbocycles. The summed E-state index contributed by atoms with van der Waals surface area (Å²) in [7, 11) is 0. The van der Waals surface area contributed by atoms with Crippen LogP contribution in [-0.2, 0) is 6.54 Å². The van der Waals surface area contributed by atoms with E-state index in [1.807, 2.05) is 59.3 Å². The summed E-state index contributed by atoms with van der Waals surface area (Å²) in [5.74, 6) is 0. The summed E-state index contributed by atoms with van der Waals surface area (Å²) in [6.45, 7) is 0.487. The van der Waals surface area contributed by atoms with E-state index in [0.29, 0.717) is 32.8 Å². The first kappa shape index (κ1) is 19.9. The predicted molar refractivity (Wildman–Crippen MR) is 125 cm³/mol. The standard InChI is InChI=1S/C22H15Cl3N6/c23-15-5-4-13(18(24)10-15)12-30-20(6-7-27-30)14-8-19(25)22-21(9-14)31(29-28-22)17-3-1-2-16(26)11-17/h1-11H,12,26H2. The number of halogens is 3. The quantitative estimate of drug-likeness (QED) is 0.334. The van der Waals surface area contributed by atoms with Crippen LogP contribution < -0.4 is 5.73 Å². The SMILES string of the molecule is Nc1cccc(-n2nnc3c(Cl)cc(-c4ccnn4Cc4ccc(Cl)cc4Cl)cc32)c1. The Hall–Kier alpha value is -3.06. The molecule has 0 atom stereocenters. The minimum Gasteiger partial charge on any atom is -0.399 e. The first-order valence-corrected chi connectivity index (χ1v) is 10.5. The lowest BCUT2D eigenvalue weighted by molar-refractivity contribution is 0.694. The highest BCUT2D eigenvalue weighted by Gasteiger charge is 2.15. The molecule has 2 heterocycles. The van der Waals surface area contributed by atoms with Gasteiger partial charge in [-0.3, -0.25) is 4.68 Å². The van der Waals surface area contributed by atoms with Gasteiger partial charge in [-0.1, -0.05) is 52.1 Å². The highest BCUT2D eigenvalue weighted by Crippen LogP contribution is 2.32. The summed E-state index contributed by atoms with van der Waals surface area (Å²) in [6, 6.07) is 18.6. The maximum absolute atomic E-state index is 6.56. The molecular formula is C22H15Cl3N6. The zero-order valence-corrected chi connectivity index (χ0v) is 18.3. The maximum Gasteiger partial charge on any atom is 0.132 e. The zero-order chi connectivity index (χ0) is 21.5. The average Bonchev–Trinajstić information content (AvgIpc) is 3.37. The van der Waals surface area contributed by atoms with Gasteiger partial charge in [0.15, 0.2) is 0 Å². The topological polar surface area (TPSA) is 74.6 Å². The van der Waals surface area contributed by atoms with Crippen molar-refractivity contribution >= 4 is 51.5 Å². The Morgan fingerprint density at radius 3 is 2.58 bits per heavy atom. The molecule has 5 aromatic rings. The van der Waals surface area contributed by atoms with Gasteiger partial charge in [0.25, 0.3) is 0 Å². The molecule has 2 N–H and O–H groups in total. The molecule has 0 aliphatic heterocycles. The van der Waals surface area contributed by atoms with Gasteiger partial charge >= 0.3 is 0 Å². The van der Waals surface area contributed by atoms with Crippen molar-refractivity contribution < 1.29 is 0 Å². The van der Waals surface area contributed by atoms with Crippen LogP contribution in [0.25, 0.3) is 28.0 Å². The van der Waals surface area contributed by atoms with Gasteiger partial charge in [-0.05, 0) is 54.1 Å². The number of aromatic nitrogens is 5. The lowest BCUT2D eigenvalue weighted by Crippen LogP contribution is -2.04. The van der Waals surface area contributed by atoms with E-state index in [0.717, 1.165) is 28.0 Å². The van der Waals surface area contributed by atoms with E-state index in [-0.39, 0.29) is 0 Å². The maximum atomic E-state index is 6.56. The number of hydrogen-bond donors (Lipinski definition) is 1. The van der Waals surface area contributed by atoms with Crippen molar-refractivity contribution in [3.8, 4) is 16.9 Å². The average molecular weight is 470 g/mol. The number of nitrogens with two attached hydrogens (primary N) is 1. The van der Waals surface area contributed by atoms with E-state index in [1.54, 1.807) is 16.9 Å². The number of anilines is 1. The lowest BCUT2D eigenvalue weighted by atomic mass is 10.1. The minimum atomic E-state index is 0.487. The smallest absolute Gasteiger partial charge is 0.132 e. The van der Waals surface area contributed by atoms with Crippen LogP contribution in [-0.4, -0.2) is 24.8 Å². The number of rotatable bonds is 4. The van der Waals surface area contributed by atoms with Crippen LogP contribution >= 0.6 is 34.8 Å². The van der Waals surface area contributed by atoms with E-state index in [4.69, 9.17) is 40.5 Å². The molecular weight excluding hydrogens is 455 g/mol. The molecule has 5 rings (SSSR count). The van der Waals surface area contributed by atoms with E-state index in [9.17, 15) is 0 Å². The number of fused-ring (bicyclic) bond motifs is 1. The highest BCUT2D eigenvalue weighted by molar-refractivity contribution is 6.35. The van der Waals surface area contributed by atoms with Crippen LogP contribution in [0.5, 0.6) is 0 Å².